The van der Waals surface area contributed by atoms with Gasteiger partial charge in [0.05, 0.1) is 16.6 Å². The molecule has 3 aromatic carbocycles. The second-order valence-electron chi connectivity index (χ2n) is 6.72. The largest absolute Gasteiger partial charge is 0.385 e. The summed E-state index contributed by atoms with van der Waals surface area (Å²) >= 11 is 12.1. The number of anilines is 1. The van der Waals surface area contributed by atoms with Gasteiger partial charge in [0, 0.05) is 0 Å². The maximum Gasteiger partial charge on any atom is 0.356 e. The Morgan fingerprint density at radius 3 is 2.39 bits per heavy atom. The molecule has 0 aliphatic carbocycles. The zero-order valence-corrected chi connectivity index (χ0v) is 16.6. The molecule has 4 rings (SSSR count). The first kappa shape index (κ1) is 18.8. The molecule has 4 aromatic rings. The van der Waals surface area contributed by atoms with Gasteiger partial charge in [0.25, 0.3) is 0 Å². The van der Waals surface area contributed by atoms with Crippen molar-refractivity contribution in [3.05, 3.63) is 94.0 Å². The van der Waals surface area contributed by atoms with Crippen LogP contribution >= 0.6 is 23.2 Å². The Labute approximate surface area is 173 Å². The van der Waals surface area contributed by atoms with Crippen LogP contribution in [0.3, 0.4) is 0 Å². The summed E-state index contributed by atoms with van der Waals surface area (Å²) in [6, 6.07) is 23.3. The Balaban J connectivity index is 1.72. The van der Waals surface area contributed by atoms with E-state index in [1.165, 1.54) is 0 Å². The molecular formula is C22H20Cl2N3O+. The fraction of sp³-hybridized carbons (Fsp3) is 0.136. The van der Waals surface area contributed by atoms with Gasteiger partial charge in [0.2, 0.25) is 0 Å². The quantitative estimate of drug-likeness (QED) is 0.470. The maximum atomic E-state index is 10.8. The lowest BCUT2D eigenvalue weighted by Crippen LogP contribution is -2.37. The zero-order chi connectivity index (χ0) is 19.7. The van der Waals surface area contributed by atoms with Crippen molar-refractivity contribution in [1.82, 2.24) is 4.57 Å². The summed E-state index contributed by atoms with van der Waals surface area (Å²) in [5.74, 6) is 0.587. The molecule has 0 aliphatic heterocycles. The van der Waals surface area contributed by atoms with E-state index in [2.05, 4.69) is 16.7 Å². The minimum absolute atomic E-state index is 0.312. The molecule has 0 unspecified atom stereocenters. The molecule has 0 fully saturated rings. The third-order valence-corrected chi connectivity index (χ3v) is 5.62. The number of nitrogen functional groups attached to an aromatic ring is 1. The van der Waals surface area contributed by atoms with Gasteiger partial charge < -0.3 is 5.11 Å². The van der Waals surface area contributed by atoms with E-state index in [1.807, 2.05) is 47.0 Å². The average Bonchev–Trinajstić information content (AvgIpc) is 2.97. The number of rotatable bonds is 5. The Morgan fingerprint density at radius 1 is 0.929 bits per heavy atom. The smallest absolute Gasteiger partial charge is 0.356 e. The second kappa shape index (κ2) is 7.84. The van der Waals surface area contributed by atoms with E-state index < -0.39 is 6.10 Å². The standard InChI is InChI=1S/C22H19Cl2N3O/c23-17-11-10-16(12-18(17)24)21(28)14-27-20-9-5-4-8-19(20)26(22(27)25)13-15-6-2-1-3-7-15/h1-12,21,25,28H,13-14H2/p+1/t21-/m1/s1. The summed E-state index contributed by atoms with van der Waals surface area (Å²) in [7, 11) is 0. The fourth-order valence-electron chi connectivity index (χ4n) is 3.44. The number of aliphatic hydroxyl groups is 1. The van der Waals surface area contributed by atoms with E-state index in [4.69, 9.17) is 28.9 Å². The predicted octanol–water partition coefficient (Wildman–Crippen LogP) is 4.60. The van der Waals surface area contributed by atoms with E-state index in [9.17, 15) is 5.11 Å². The molecule has 0 saturated carbocycles. The number of nitrogens with zero attached hydrogens (tertiary/aromatic N) is 2. The van der Waals surface area contributed by atoms with E-state index in [1.54, 1.807) is 18.2 Å². The molecule has 1 aromatic heterocycles. The molecule has 6 heteroatoms. The van der Waals surface area contributed by atoms with E-state index in [0.717, 1.165) is 16.6 Å². The molecule has 0 saturated heterocycles. The van der Waals surface area contributed by atoms with Crippen molar-refractivity contribution < 1.29 is 9.67 Å². The summed E-state index contributed by atoms with van der Waals surface area (Å²) < 4.78 is 4.00. The van der Waals surface area contributed by atoms with Gasteiger partial charge in [-0.15, -0.1) is 0 Å². The molecule has 28 heavy (non-hydrogen) atoms. The highest BCUT2D eigenvalue weighted by atomic mass is 35.5. The Hall–Kier alpha value is -2.53. The van der Waals surface area contributed by atoms with E-state index in [0.29, 0.717) is 34.6 Å². The van der Waals surface area contributed by atoms with Gasteiger partial charge in [-0.3, -0.25) is 5.73 Å². The van der Waals surface area contributed by atoms with Gasteiger partial charge in [-0.2, -0.15) is 0 Å². The zero-order valence-electron chi connectivity index (χ0n) is 15.1. The van der Waals surface area contributed by atoms with Crippen molar-refractivity contribution >= 4 is 40.2 Å². The van der Waals surface area contributed by atoms with Crippen molar-refractivity contribution in [3.8, 4) is 0 Å². The minimum Gasteiger partial charge on any atom is -0.385 e. The average molecular weight is 413 g/mol. The first-order valence-corrected chi connectivity index (χ1v) is 9.73. The van der Waals surface area contributed by atoms with Crippen molar-refractivity contribution in [2.24, 2.45) is 0 Å². The lowest BCUT2D eigenvalue weighted by molar-refractivity contribution is -0.648. The summed E-state index contributed by atoms with van der Waals surface area (Å²) in [4.78, 5) is 0. The monoisotopic (exact) mass is 412 g/mol. The molecule has 4 nitrogen and oxygen atoms in total. The van der Waals surface area contributed by atoms with Gasteiger partial charge in [-0.1, -0.05) is 71.7 Å². The number of imidazole rings is 1. The Kier molecular flexibility index (Phi) is 5.27. The summed E-state index contributed by atoms with van der Waals surface area (Å²) in [5, 5.41) is 11.7. The van der Waals surface area contributed by atoms with Gasteiger partial charge in [-0.25, -0.2) is 9.13 Å². The third kappa shape index (κ3) is 3.59. The van der Waals surface area contributed by atoms with Gasteiger partial charge >= 0.3 is 5.95 Å². The highest BCUT2D eigenvalue weighted by molar-refractivity contribution is 6.42. The van der Waals surface area contributed by atoms with Crippen molar-refractivity contribution in [1.29, 1.82) is 0 Å². The predicted molar refractivity (Wildman–Crippen MR) is 114 cm³/mol. The van der Waals surface area contributed by atoms with Crippen LogP contribution in [0.25, 0.3) is 11.0 Å². The number of aromatic nitrogens is 2. The molecule has 0 amide bonds. The van der Waals surface area contributed by atoms with E-state index >= 15 is 0 Å². The van der Waals surface area contributed by atoms with Crippen molar-refractivity contribution in [3.63, 3.8) is 0 Å². The number of halogens is 2. The molecule has 1 atom stereocenters. The normalized spacial score (nSPS) is 12.4. The van der Waals surface area contributed by atoms with Crippen LogP contribution in [0.15, 0.2) is 72.8 Å². The number of fused-ring (bicyclic) bond motifs is 1. The molecule has 0 spiro atoms. The topological polar surface area (TPSA) is 55.1 Å². The SMILES string of the molecule is Nc1n(C[C@@H](O)c2ccc(Cl)c(Cl)c2)c2ccccc2[n+]1Cc1ccccc1. The summed E-state index contributed by atoms with van der Waals surface area (Å²) in [6.45, 7) is 0.967. The van der Waals surface area contributed by atoms with Gasteiger partial charge in [-0.05, 0) is 35.4 Å². The highest BCUT2D eigenvalue weighted by Gasteiger charge is 2.23. The third-order valence-electron chi connectivity index (χ3n) is 4.88. The van der Waals surface area contributed by atoms with Gasteiger partial charge in [0.15, 0.2) is 0 Å². The first-order valence-electron chi connectivity index (χ1n) is 8.98. The number of para-hydroxylation sites is 2. The van der Waals surface area contributed by atoms with Crippen LogP contribution in [0.1, 0.15) is 17.2 Å². The molecule has 1 heterocycles. The van der Waals surface area contributed by atoms with Crippen LogP contribution < -0.4 is 10.3 Å². The first-order chi connectivity index (χ1) is 13.5. The molecule has 3 N–H and O–H groups in total. The summed E-state index contributed by atoms with van der Waals surface area (Å²) in [6.07, 6.45) is -0.766. The van der Waals surface area contributed by atoms with Crippen LogP contribution in [-0.2, 0) is 13.1 Å². The number of benzene rings is 3. The van der Waals surface area contributed by atoms with Crippen molar-refractivity contribution in [2.45, 2.75) is 19.2 Å². The van der Waals surface area contributed by atoms with Crippen LogP contribution in [0.5, 0.6) is 0 Å². The minimum atomic E-state index is -0.766. The molecule has 142 valence electrons. The lowest BCUT2D eigenvalue weighted by atomic mass is 10.1. The number of aliphatic hydroxyl groups excluding tert-OH is 1. The molecular weight excluding hydrogens is 393 g/mol. The van der Waals surface area contributed by atoms with Gasteiger partial charge in [0.1, 0.15) is 23.7 Å². The number of hydrogen-bond acceptors (Lipinski definition) is 2. The second-order valence-corrected chi connectivity index (χ2v) is 7.53. The lowest BCUT2D eigenvalue weighted by Gasteiger charge is -2.11. The number of nitrogens with two attached hydrogens (primary N) is 1. The Morgan fingerprint density at radius 2 is 1.64 bits per heavy atom. The van der Waals surface area contributed by atoms with Crippen LogP contribution in [0, 0.1) is 0 Å². The van der Waals surface area contributed by atoms with Crippen molar-refractivity contribution in [2.75, 3.05) is 5.73 Å². The maximum absolute atomic E-state index is 10.8. The molecule has 0 aliphatic rings. The highest BCUT2D eigenvalue weighted by Crippen LogP contribution is 2.27. The number of hydrogen-bond donors (Lipinski definition) is 2. The van der Waals surface area contributed by atoms with Crippen LogP contribution in [0.4, 0.5) is 5.95 Å². The fourth-order valence-corrected chi connectivity index (χ4v) is 3.74. The summed E-state index contributed by atoms with van der Waals surface area (Å²) in [5.41, 5.74) is 10.4. The van der Waals surface area contributed by atoms with Crippen LogP contribution in [-0.4, -0.2) is 9.67 Å². The Bertz CT molecular complexity index is 1130. The molecule has 0 bridgehead atoms. The van der Waals surface area contributed by atoms with Crippen LogP contribution in [0.2, 0.25) is 10.0 Å². The van der Waals surface area contributed by atoms with E-state index in [-0.39, 0.29) is 0 Å². The molecule has 0 radical (unpaired) electrons.